The van der Waals surface area contributed by atoms with E-state index in [1.54, 1.807) is 24.3 Å². The van der Waals surface area contributed by atoms with Crippen LogP contribution in [0.15, 0.2) is 42.5 Å². The van der Waals surface area contributed by atoms with E-state index in [0.717, 1.165) is 24.0 Å². The minimum Gasteiger partial charge on any atom is -0.349 e. The van der Waals surface area contributed by atoms with Gasteiger partial charge in [0, 0.05) is 35.3 Å². The highest BCUT2D eigenvalue weighted by molar-refractivity contribution is 6.30. The Morgan fingerprint density at radius 1 is 0.962 bits per heavy atom. The topological polar surface area (TPSA) is 49.4 Å². The van der Waals surface area contributed by atoms with Crippen molar-refractivity contribution in [1.82, 2.24) is 10.2 Å². The number of carbonyl (C=O) groups is 2. The van der Waals surface area contributed by atoms with Crippen LogP contribution in [0.3, 0.4) is 0 Å². The van der Waals surface area contributed by atoms with Crippen molar-refractivity contribution in [3.63, 3.8) is 0 Å². The first-order chi connectivity index (χ1) is 12.4. The van der Waals surface area contributed by atoms with Crippen LogP contribution in [-0.2, 0) is 0 Å². The van der Waals surface area contributed by atoms with Gasteiger partial charge in [0.1, 0.15) is 0 Å². The predicted octanol–water partition coefficient (Wildman–Crippen LogP) is 3.99. The first-order valence-corrected chi connectivity index (χ1v) is 9.25. The molecule has 1 heterocycles. The van der Waals surface area contributed by atoms with E-state index in [1.807, 2.05) is 36.9 Å². The molecule has 0 aromatic heterocycles. The molecule has 2 aromatic rings. The largest absolute Gasteiger partial charge is 0.349 e. The number of nitrogens with zero attached hydrogens (tertiary/aromatic N) is 1. The van der Waals surface area contributed by atoms with E-state index in [4.69, 9.17) is 11.6 Å². The summed E-state index contributed by atoms with van der Waals surface area (Å²) in [6.45, 7) is 5.36. The first-order valence-electron chi connectivity index (χ1n) is 8.87. The maximum Gasteiger partial charge on any atom is 0.253 e. The third-order valence-electron chi connectivity index (χ3n) is 4.98. The Bertz CT molecular complexity index is 809. The summed E-state index contributed by atoms with van der Waals surface area (Å²) in [7, 11) is 0. The van der Waals surface area contributed by atoms with Gasteiger partial charge in [-0.2, -0.15) is 0 Å². The maximum atomic E-state index is 12.7. The summed E-state index contributed by atoms with van der Waals surface area (Å²) in [6, 6.07) is 12.8. The Morgan fingerprint density at radius 2 is 1.58 bits per heavy atom. The number of rotatable bonds is 3. The van der Waals surface area contributed by atoms with Crippen molar-refractivity contribution in [3.05, 3.63) is 69.7 Å². The normalized spacial score (nSPS) is 15.0. The van der Waals surface area contributed by atoms with Crippen molar-refractivity contribution < 1.29 is 9.59 Å². The molecule has 5 heteroatoms. The number of nitrogens with one attached hydrogen (secondary N) is 1. The van der Waals surface area contributed by atoms with Crippen LogP contribution in [0.25, 0.3) is 0 Å². The van der Waals surface area contributed by atoms with E-state index in [2.05, 4.69) is 5.32 Å². The summed E-state index contributed by atoms with van der Waals surface area (Å²) in [6.07, 6.45) is 1.52. The van der Waals surface area contributed by atoms with Crippen LogP contribution in [0.5, 0.6) is 0 Å². The average Bonchev–Trinajstić information content (AvgIpc) is 2.64. The lowest BCUT2D eigenvalue weighted by molar-refractivity contribution is 0.0698. The lowest BCUT2D eigenvalue weighted by Gasteiger charge is -2.32. The molecule has 2 aromatic carbocycles. The molecule has 0 unspecified atom stereocenters. The van der Waals surface area contributed by atoms with Gasteiger partial charge in [0.25, 0.3) is 11.8 Å². The SMILES string of the molecule is Cc1ccc(C(=O)N2CCC(NC(=O)c3ccc(Cl)cc3)CC2)cc1C. The van der Waals surface area contributed by atoms with Gasteiger partial charge in [-0.05, 0) is 74.2 Å². The molecule has 0 saturated carbocycles. The van der Waals surface area contributed by atoms with Crippen LogP contribution >= 0.6 is 11.6 Å². The van der Waals surface area contributed by atoms with Gasteiger partial charge in [0.05, 0.1) is 0 Å². The zero-order valence-corrected chi connectivity index (χ0v) is 15.8. The molecule has 0 aliphatic carbocycles. The minimum absolute atomic E-state index is 0.0653. The highest BCUT2D eigenvalue weighted by Crippen LogP contribution is 2.17. The fourth-order valence-corrected chi connectivity index (χ4v) is 3.28. The number of amides is 2. The quantitative estimate of drug-likeness (QED) is 0.888. The molecule has 0 atom stereocenters. The minimum atomic E-state index is -0.0967. The lowest BCUT2D eigenvalue weighted by atomic mass is 10.0. The van der Waals surface area contributed by atoms with E-state index in [9.17, 15) is 9.59 Å². The number of aryl methyl sites for hydroxylation is 2. The Labute approximate surface area is 159 Å². The van der Waals surface area contributed by atoms with Crippen LogP contribution in [0, 0.1) is 13.8 Å². The van der Waals surface area contributed by atoms with Gasteiger partial charge in [0.15, 0.2) is 0 Å². The van der Waals surface area contributed by atoms with E-state index in [-0.39, 0.29) is 17.9 Å². The van der Waals surface area contributed by atoms with Gasteiger partial charge < -0.3 is 10.2 Å². The number of carbonyl (C=O) groups excluding carboxylic acids is 2. The van der Waals surface area contributed by atoms with Gasteiger partial charge in [0.2, 0.25) is 0 Å². The fraction of sp³-hybridized carbons (Fsp3) is 0.333. The fourth-order valence-electron chi connectivity index (χ4n) is 3.15. The molecular weight excluding hydrogens is 348 g/mol. The van der Waals surface area contributed by atoms with Crippen molar-refractivity contribution in [1.29, 1.82) is 0 Å². The molecule has 26 heavy (non-hydrogen) atoms. The van der Waals surface area contributed by atoms with Gasteiger partial charge >= 0.3 is 0 Å². The van der Waals surface area contributed by atoms with Crippen LogP contribution in [0.1, 0.15) is 44.7 Å². The molecule has 4 nitrogen and oxygen atoms in total. The zero-order valence-electron chi connectivity index (χ0n) is 15.1. The van der Waals surface area contributed by atoms with E-state index in [0.29, 0.717) is 23.7 Å². The van der Waals surface area contributed by atoms with Gasteiger partial charge in [-0.15, -0.1) is 0 Å². The summed E-state index contributed by atoms with van der Waals surface area (Å²) in [5.41, 5.74) is 3.64. The molecule has 0 radical (unpaired) electrons. The summed E-state index contributed by atoms with van der Waals surface area (Å²) < 4.78 is 0. The molecule has 136 valence electrons. The standard InChI is InChI=1S/C21H23ClN2O2/c1-14-3-4-17(13-15(14)2)21(26)24-11-9-19(10-12-24)23-20(25)16-5-7-18(22)8-6-16/h3-8,13,19H,9-12H2,1-2H3,(H,23,25). The molecule has 1 aliphatic rings. The second-order valence-corrected chi connectivity index (χ2v) is 7.28. The summed E-state index contributed by atoms with van der Waals surface area (Å²) in [5, 5.41) is 3.66. The summed E-state index contributed by atoms with van der Waals surface area (Å²) in [4.78, 5) is 26.8. The lowest BCUT2D eigenvalue weighted by Crippen LogP contribution is -2.46. The van der Waals surface area contributed by atoms with E-state index >= 15 is 0 Å². The Morgan fingerprint density at radius 3 is 2.19 bits per heavy atom. The van der Waals surface area contributed by atoms with Gasteiger partial charge in [-0.1, -0.05) is 17.7 Å². The second kappa shape index (κ2) is 7.92. The van der Waals surface area contributed by atoms with E-state index < -0.39 is 0 Å². The monoisotopic (exact) mass is 370 g/mol. The van der Waals surface area contributed by atoms with Crippen molar-refractivity contribution in [3.8, 4) is 0 Å². The highest BCUT2D eigenvalue weighted by Gasteiger charge is 2.25. The second-order valence-electron chi connectivity index (χ2n) is 6.85. The number of piperidine rings is 1. The number of hydrogen-bond acceptors (Lipinski definition) is 2. The number of benzene rings is 2. The Kier molecular flexibility index (Phi) is 5.62. The number of hydrogen-bond donors (Lipinski definition) is 1. The van der Waals surface area contributed by atoms with Crippen molar-refractivity contribution in [2.45, 2.75) is 32.7 Å². The van der Waals surface area contributed by atoms with Crippen LogP contribution in [0.2, 0.25) is 5.02 Å². The molecule has 1 N–H and O–H groups in total. The number of halogens is 1. The Hall–Kier alpha value is -2.33. The average molecular weight is 371 g/mol. The molecular formula is C21H23ClN2O2. The summed E-state index contributed by atoms with van der Waals surface area (Å²) >= 11 is 5.85. The van der Waals surface area contributed by atoms with Crippen molar-refractivity contribution in [2.75, 3.05) is 13.1 Å². The Balaban J connectivity index is 1.55. The molecule has 1 aliphatic heterocycles. The van der Waals surface area contributed by atoms with Crippen LogP contribution < -0.4 is 5.32 Å². The van der Waals surface area contributed by atoms with Gasteiger partial charge in [-0.3, -0.25) is 9.59 Å². The maximum absolute atomic E-state index is 12.7. The highest BCUT2D eigenvalue weighted by atomic mass is 35.5. The smallest absolute Gasteiger partial charge is 0.253 e. The molecule has 2 amide bonds. The third kappa shape index (κ3) is 4.25. The number of likely N-dealkylation sites (tertiary alicyclic amines) is 1. The molecule has 0 spiro atoms. The van der Waals surface area contributed by atoms with Gasteiger partial charge in [-0.25, -0.2) is 0 Å². The molecule has 3 rings (SSSR count). The molecule has 1 fully saturated rings. The van der Waals surface area contributed by atoms with Crippen molar-refractivity contribution in [2.24, 2.45) is 0 Å². The zero-order chi connectivity index (χ0) is 18.7. The van der Waals surface area contributed by atoms with Crippen LogP contribution in [-0.4, -0.2) is 35.8 Å². The predicted molar refractivity (Wildman–Crippen MR) is 104 cm³/mol. The molecule has 1 saturated heterocycles. The van der Waals surface area contributed by atoms with Crippen LogP contribution in [0.4, 0.5) is 0 Å². The third-order valence-corrected chi connectivity index (χ3v) is 5.23. The van der Waals surface area contributed by atoms with E-state index in [1.165, 1.54) is 5.56 Å². The van der Waals surface area contributed by atoms with Crippen molar-refractivity contribution >= 4 is 23.4 Å². The molecule has 0 bridgehead atoms. The first kappa shape index (κ1) is 18.5. The summed E-state index contributed by atoms with van der Waals surface area (Å²) in [5.74, 6) is -0.0313.